The number of hydrogen-bond donors (Lipinski definition) is 1. The second-order valence-corrected chi connectivity index (χ2v) is 6.28. The topological polar surface area (TPSA) is 42.7 Å². The first-order chi connectivity index (χ1) is 10.4. The van der Waals surface area contributed by atoms with Gasteiger partial charge in [-0.3, -0.25) is 0 Å². The first-order valence-corrected chi connectivity index (χ1v) is 8.08. The number of rotatable bonds is 2. The molecule has 4 nitrogen and oxygen atoms in total. The van der Waals surface area contributed by atoms with Crippen molar-refractivity contribution in [3.05, 3.63) is 47.0 Å². The molecule has 4 heteroatoms. The van der Waals surface area contributed by atoms with Crippen molar-refractivity contribution in [1.82, 2.24) is 20.1 Å². The number of nitrogens with one attached hydrogen (secondary N) is 1. The van der Waals surface area contributed by atoms with Crippen molar-refractivity contribution in [2.45, 2.75) is 38.6 Å². The minimum Gasteiger partial charge on any atom is -0.317 e. The van der Waals surface area contributed by atoms with Crippen LogP contribution >= 0.6 is 0 Å². The summed E-state index contributed by atoms with van der Waals surface area (Å²) in [6.07, 6.45) is 5.70. The summed E-state index contributed by atoms with van der Waals surface area (Å²) in [6, 6.07) is 8.78. The highest BCUT2D eigenvalue weighted by Gasteiger charge is 2.21. The van der Waals surface area contributed by atoms with E-state index in [4.69, 9.17) is 0 Å². The van der Waals surface area contributed by atoms with Crippen molar-refractivity contribution >= 4 is 0 Å². The maximum atomic E-state index is 4.50. The number of nitrogens with zero attached hydrogens (tertiary/aromatic N) is 3. The summed E-state index contributed by atoms with van der Waals surface area (Å²) in [6.45, 7) is 3.24. The average Bonchev–Trinajstić information content (AvgIpc) is 2.80. The molecule has 1 aromatic heterocycles. The summed E-state index contributed by atoms with van der Waals surface area (Å²) >= 11 is 0. The van der Waals surface area contributed by atoms with Crippen LogP contribution < -0.4 is 5.32 Å². The van der Waals surface area contributed by atoms with E-state index in [9.17, 15) is 0 Å². The lowest BCUT2D eigenvalue weighted by Gasteiger charge is -2.22. The normalized spacial score (nSPS) is 18.9. The molecule has 0 radical (unpaired) electrons. The number of fused-ring (bicyclic) bond motifs is 2. The molecule has 0 amide bonds. The summed E-state index contributed by atoms with van der Waals surface area (Å²) in [4.78, 5) is 0. The number of piperidine rings is 1. The van der Waals surface area contributed by atoms with Crippen LogP contribution in [0.2, 0.25) is 0 Å². The second kappa shape index (κ2) is 5.60. The van der Waals surface area contributed by atoms with Gasteiger partial charge in [0, 0.05) is 12.8 Å². The Bertz CT molecular complexity index is 625. The van der Waals surface area contributed by atoms with Crippen LogP contribution in [-0.2, 0) is 25.8 Å². The van der Waals surface area contributed by atoms with Gasteiger partial charge in [0.1, 0.15) is 11.6 Å². The molecule has 1 fully saturated rings. The Morgan fingerprint density at radius 3 is 2.71 bits per heavy atom. The smallest absolute Gasteiger partial charge is 0.133 e. The van der Waals surface area contributed by atoms with Gasteiger partial charge in [-0.05, 0) is 49.4 Å². The molecular weight excluding hydrogens is 260 g/mol. The van der Waals surface area contributed by atoms with Crippen LogP contribution in [0.25, 0.3) is 0 Å². The zero-order chi connectivity index (χ0) is 14.1. The molecule has 2 aliphatic rings. The molecule has 0 aliphatic carbocycles. The summed E-state index contributed by atoms with van der Waals surface area (Å²) < 4.78 is 2.37. The van der Waals surface area contributed by atoms with Crippen molar-refractivity contribution in [3.8, 4) is 0 Å². The molecule has 110 valence electrons. The molecule has 2 aromatic rings. The molecule has 1 saturated heterocycles. The highest BCUT2D eigenvalue weighted by Crippen LogP contribution is 2.22. The number of aryl methyl sites for hydroxylation is 2. The van der Waals surface area contributed by atoms with Crippen molar-refractivity contribution in [2.24, 2.45) is 5.92 Å². The van der Waals surface area contributed by atoms with E-state index in [1.54, 1.807) is 0 Å². The van der Waals surface area contributed by atoms with Crippen LogP contribution in [0.5, 0.6) is 0 Å². The first kappa shape index (κ1) is 13.0. The van der Waals surface area contributed by atoms with E-state index in [1.165, 1.54) is 29.8 Å². The zero-order valence-corrected chi connectivity index (χ0v) is 12.4. The minimum absolute atomic E-state index is 0.762. The third-order valence-corrected chi connectivity index (χ3v) is 4.90. The molecule has 21 heavy (non-hydrogen) atoms. The van der Waals surface area contributed by atoms with E-state index >= 15 is 0 Å². The van der Waals surface area contributed by atoms with Gasteiger partial charge in [0.25, 0.3) is 0 Å². The van der Waals surface area contributed by atoms with Crippen molar-refractivity contribution < 1.29 is 0 Å². The van der Waals surface area contributed by atoms with Crippen LogP contribution in [0.3, 0.4) is 0 Å². The Hall–Kier alpha value is -1.68. The van der Waals surface area contributed by atoms with Gasteiger partial charge in [-0.1, -0.05) is 24.3 Å². The van der Waals surface area contributed by atoms with Crippen LogP contribution in [0.1, 0.15) is 35.6 Å². The van der Waals surface area contributed by atoms with E-state index in [0.29, 0.717) is 0 Å². The second-order valence-electron chi connectivity index (χ2n) is 6.28. The largest absolute Gasteiger partial charge is 0.317 e. The monoisotopic (exact) mass is 282 g/mol. The lowest BCUT2D eigenvalue weighted by molar-refractivity contribution is 0.363. The molecule has 0 unspecified atom stereocenters. The number of benzene rings is 1. The molecule has 1 aromatic carbocycles. The van der Waals surface area contributed by atoms with Gasteiger partial charge in [-0.2, -0.15) is 0 Å². The predicted molar refractivity (Wildman–Crippen MR) is 82.3 cm³/mol. The molecule has 2 aliphatic heterocycles. The summed E-state index contributed by atoms with van der Waals surface area (Å²) in [5, 5.41) is 12.4. The quantitative estimate of drug-likeness (QED) is 0.915. The maximum Gasteiger partial charge on any atom is 0.133 e. The van der Waals surface area contributed by atoms with Gasteiger partial charge in [0.2, 0.25) is 0 Å². The van der Waals surface area contributed by atoms with Gasteiger partial charge in [0.05, 0.1) is 6.54 Å². The van der Waals surface area contributed by atoms with E-state index in [-0.39, 0.29) is 0 Å². The molecule has 1 N–H and O–H groups in total. The Kier molecular flexibility index (Phi) is 3.47. The Labute approximate surface area is 125 Å². The fourth-order valence-electron chi connectivity index (χ4n) is 3.61. The molecule has 0 atom stereocenters. The number of hydrogen-bond acceptors (Lipinski definition) is 3. The van der Waals surface area contributed by atoms with Gasteiger partial charge < -0.3 is 9.88 Å². The Morgan fingerprint density at radius 2 is 1.86 bits per heavy atom. The molecule has 0 saturated carbocycles. The average molecular weight is 282 g/mol. The van der Waals surface area contributed by atoms with Gasteiger partial charge in [-0.15, -0.1) is 10.2 Å². The van der Waals surface area contributed by atoms with Crippen LogP contribution in [0.15, 0.2) is 24.3 Å². The molecular formula is C17H22N4. The summed E-state index contributed by atoms with van der Waals surface area (Å²) in [7, 11) is 0. The van der Waals surface area contributed by atoms with Crippen LogP contribution in [-0.4, -0.2) is 27.9 Å². The van der Waals surface area contributed by atoms with Gasteiger partial charge in [0.15, 0.2) is 0 Å². The first-order valence-electron chi connectivity index (χ1n) is 8.08. The highest BCUT2D eigenvalue weighted by molar-refractivity contribution is 5.30. The number of aromatic nitrogens is 3. The predicted octanol–water partition coefficient (Wildman–Crippen LogP) is 1.97. The minimum atomic E-state index is 0.762. The molecule has 4 rings (SSSR count). The van der Waals surface area contributed by atoms with E-state index in [2.05, 4.69) is 44.3 Å². The van der Waals surface area contributed by atoms with Crippen molar-refractivity contribution in [3.63, 3.8) is 0 Å². The molecule has 0 bridgehead atoms. The maximum absolute atomic E-state index is 4.50. The SMILES string of the molecule is c1ccc2c(c1)CCc1nnc(CC3CCNCC3)n1C2. The zero-order valence-electron chi connectivity index (χ0n) is 12.4. The highest BCUT2D eigenvalue weighted by atomic mass is 15.3. The third kappa shape index (κ3) is 2.60. The van der Waals surface area contributed by atoms with Crippen LogP contribution in [0, 0.1) is 5.92 Å². The lowest BCUT2D eigenvalue weighted by atomic mass is 9.94. The molecule has 3 heterocycles. The Morgan fingerprint density at radius 1 is 1.05 bits per heavy atom. The van der Waals surface area contributed by atoms with E-state index in [0.717, 1.165) is 50.6 Å². The summed E-state index contributed by atoms with van der Waals surface area (Å²) in [5.41, 5.74) is 2.90. The van der Waals surface area contributed by atoms with Gasteiger partial charge in [-0.25, -0.2) is 0 Å². The van der Waals surface area contributed by atoms with Gasteiger partial charge >= 0.3 is 0 Å². The fourth-order valence-corrected chi connectivity index (χ4v) is 3.61. The Balaban J connectivity index is 1.60. The molecule has 0 spiro atoms. The van der Waals surface area contributed by atoms with Crippen molar-refractivity contribution in [1.29, 1.82) is 0 Å². The van der Waals surface area contributed by atoms with Crippen LogP contribution in [0.4, 0.5) is 0 Å². The fraction of sp³-hybridized carbons (Fsp3) is 0.529. The third-order valence-electron chi connectivity index (χ3n) is 4.90. The standard InChI is InChI=1S/C17H22N4/c1-2-4-15-12-21-16(6-5-14(15)3-1)19-20-17(21)11-13-7-9-18-10-8-13/h1-4,13,18H,5-12H2. The van der Waals surface area contributed by atoms with E-state index in [1.807, 2.05) is 0 Å². The van der Waals surface area contributed by atoms with Crippen molar-refractivity contribution in [2.75, 3.05) is 13.1 Å². The van der Waals surface area contributed by atoms with E-state index < -0.39 is 0 Å². The summed E-state index contributed by atoms with van der Waals surface area (Å²) in [5.74, 6) is 3.11. The lowest BCUT2D eigenvalue weighted by Crippen LogP contribution is -2.29.